The van der Waals surface area contributed by atoms with Crippen LogP contribution in [0.2, 0.25) is 0 Å². The van der Waals surface area contributed by atoms with Crippen LogP contribution in [-0.2, 0) is 4.74 Å². The number of anilines is 2. The number of ether oxygens (including phenoxy) is 1. The molecule has 1 N–H and O–H groups in total. The van der Waals surface area contributed by atoms with E-state index in [1.807, 2.05) is 51.3 Å². The zero-order chi connectivity index (χ0) is 32.6. The minimum Gasteiger partial charge on any atom is -0.444 e. The van der Waals surface area contributed by atoms with Crippen molar-refractivity contribution in [3.05, 3.63) is 59.9 Å². The maximum atomic E-state index is 13.3. The molecule has 2 saturated heterocycles. The van der Waals surface area contributed by atoms with Crippen LogP contribution in [0.15, 0.2) is 47.2 Å². The molecule has 13 heteroatoms. The fourth-order valence-electron chi connectivity index (χ4n) is 5.24. The third-order valence-corrected chi connectivity index (χ3v) is 7.53. The SMILES string of the molecule is CCN(C(=O)c1cnc(N2CCC(NC(=O)OC(C)(C)C)C2)nc1)C1CCN(c2nc(C(C)C)no2)CC1.Fc1ccccc1. The van der Waals surface area contributed by atoms with Gasteiger partial charge in [-0.3, -0.25) is 4.79 Å². The molecule has 1 atom stereocenters. The Morgan fingerprint density at radius 2 is 1.71 bits per heavy atom. The molecule has 2 fully saturated rings. The van der Waals surface area contributed by atoms with Crippen LogP contribution in [-0.4, -0.2) is 87.4 Å². The Labute approximate surface area is 264 Å². The average molecular weight is 625 g/mol. The van der Waals surface area contributed by atoms with Gasteiger partial charge in [0.15, 0.2) is 5.82 Å². The fourth-order valence-corrected chi connectivity index (χ4v) is 5.24. The van der Waals surface area contributed by atoms with Crippen LogP contribution in [0.5, 0.6) is 0 Å². The first-order chi connectivity index (χ1) is 21.4. The molecule has 0 aliphatic carbocycles. The monoisotopic (exact) mass is 624 g/mol. The maximum absolute atomic E-state index is 13.3. The first-order valence-corrected chi connectivity index (χ1v) is 15.6. The summed E-state index contributed by atoms with van der Waals surface area (Å²) in [5.74, 6) is 1.23. The number of halogens is 1. The van der Waals surface area contributed by atoms with E-state index in [-0.39, 0.29) is 29.7 Å². The smallest absolute Gasteiger partial charge is 0.407 e. The van der Waals surface area contributed by atoms with Gasteiger partial charge in [-0.15, -0.1) is 0 Å². The van der Waals surface area contributed by atoms with Crippen LogP contribution in [0.4, 0.5) is 21.1 Å². The number of nitrogens with one attached hydrogen (secondary N) is 1. The Balaban J connectivity index is 0.000000580. The van der Waals surface area contributed by atoms with Crippen molar-refractivity contribution in [1.82, 2.24) is 30.3 Å². The van der Waals surface area contributed by atoms with Gasteiger partial charge >= 0.3 is 12.1 Å². The molecule has 3 aromatic rings. The van der Waals surface area contributed by atoms with Crippen LogP contribution in [0.1, 0.15) is 82.9 Å². The second kappa shape index (κ2) is 15.1. The number of nitrogens with zero attached hydrogens (tertiary/aromatic N) is 7. The quantitative estimate of drug-likeness (QED) is 0.382. The van der Waals surface area contributed by atoms with Gasteiger partial charge in [-0.25, -0.2) is 19.2 Å². The van der Waals surface area contributed by atoms with Crippen LogP contribution in [0.25, 0.3) is 0 Å². The van der Waals surface area contributed by atoms with Crippen LogP contribution < -0.4 is 15.1 Å². The summed E-state index contributed by atoms with van der Waals surface area (Å²) >= 11 is 0. The van der Waals surface area contributed by atoms with Crippen molar-refractivity contribution in [1.29, 1.82) is 0 Å². The van der Waals surface area contributed by atoms with Crippen LogP contribution in [0, 0.1) is 5.82 Å². The molecular weight excluding hydrogens is 579 g/mol. The Kier molecular flexibility index (Phi) is 11.3. The van der Waals surface area contributed by atoms with Crippen LogP contribution in [0.3, 0.4) is 0 Å². The van der Waals surface area contributed by atoms with Gasteiger partial charge in [-0.05, 0) is 59.1 Å². The lowest BCUT2D eigenvalue weighted by Crippen LogP contribution is -2.47. The van der Waals surface area contributed by atoms with Gasteiger partial charge in [-0.1, -0.05) is 37.2 Å². The summed E-state index contributed by atoms with van der Waals surface area (Å²) in [6.45, 7) is 15.0. The van der Waals surface area contributed by atoms with Crippen molar-refractivity contribution in [2.45, 2.75) is 84.4 Å². The largest absolute Gasteiger partial charge is 0.444 e. The minimum absolute atomic E-state index is 0.0414. The Morgan fingerprint density at radius 3 is 2.24 bits per heavy atom. The number of alkyl carbamates (subject to hydrolysis) is 1. The van der Waals surface area contributed by atoms with Crippen molar-refractivity contribution in [2.24, 2.45) is 0 Å². The van der Waals surface area contributed by atoms with Crippen molar-refractivity contribution >= 4 is 24.0 Å². The summed E-state index contributed by atoms with van der Waals surface area (Å²) in [7, 11) is 0. The highest BCUT2D eigenvalue weighted by Gasteiger charge is 2.31. The normalized spacial score (nSPS) is 17.1. The second-order valence-electron chi connectivity index (χ2n) is 12.5. The Bertz CT molecular complexity index is 1370. The Hall–Kier alpha value is -4.29. The minimum atomic E-state index is -0.539. The third-order valence-electron chi connectivity index (χ3n) is 7.53. The number of hydrogen-bond acceptors (Lipinski definition) is 10. The summed E-state index contributed by atoms with van der Waals surface area (Å²) in [5.41, 5.74) is -0.0674. The topological polar surface area (TPSA) is 130 Å². The lowest BCUT2D eigenvalue weighted by molar-refractivity contribution is 0.0508. The number of piperidine rings is 1. The predicted octanol–water partition coefficient (Wildman–Crippen LogP) is 5.04. The van der Waals surface area contributed by atoms with Gasteiger partial charge in [-0.2, -0.15) is 4.98 Å². The summed E-state index contributed by atoms with van der Waals surface area (Å²) in [5, 5.41) is 6.97. The van der Waals surface area contributed by atoms with E-state index < -0.39 is 11.7 Å². The van der Waals surface area contributed by atoms with E-state index in [2.05, 4.69) is 30.3 Å². The lowest BCUT2D eigenvalue weighted by Gasteiger charge is -2.37. The molecule has 0 radical (unpaired) electrons. The molecule has 1 unspecified atom stereocenters. The highest BCUT2D eigenvalue weighted by molar-refractivity contribution is 5.94. The highest BCUT2D eigenvalue weighted by atomic mass is 19.1. The number of carbonyl (C=O) groups is 2. The maximum Gasteiger partial charge on any atom is 0.407 e. The van der Waals surface area contributed by atoms with E-state index in [9.17, 15) is 14.0 Å². The number of rotatable bonds is 7. The molecule has 45 heavy (non-hydrogen) atoms. The number of hydrogen-bond donors (Lipinski definition) is 1. The number of benzene rings is 1. The van der Waals surface area contributed by atoms with E-state index >= 15 is 0 Å². The summed E-state index contributed by atoms with van der Waals surface area (Å²) < 4.78 is 22.7. The first kappa shape index (κ1) is 33.6. The van der Waals surface area contributed by atoms with Gasteiger partial charge in [0.2, 0.25) is 5.95 Å². The third kappa shape index (κ3) is 9.60. The molecule has 0 saturated carbocycles. The van der Waals surface area contributed by atoms with Gasteiger partial charge < -0.3 is 29.3 Å². The number of carbonyl (C=O) groups excluding carboxylic acids is 2. The summed E-state index contributed by atoms with van der Waals surface area (Å²) in [4.78, 5) is 44.9. The van der Waals surface area contributed by atoms with Crippen LogP contribution >= 0.6 is 0 Å². The average Bonchev–Trinajstić information content (AvgIpc) is 3.68. The molecule has 2 aromatic heterocycles. The standard InChI is InChI=1S/C26H40N8O4.C6H5F/c1-7-34(20-9-12-32(13-10-20)24-30-21(17(2)3)31-38-24)22(35)18-14-27-23(28-15-18)33-11-8-19(16-33)29-25(36)37-26(4,5)6;7-6-4-2-1-3-5-6/h14-15,17,19-20H,7-13,16H2,1-6H3,(H,29,36);1-5H. The van der Waals surface area contributed by atoms with Gasteiger partial charge in [0.25, 0.3) is 5.91 Å². The van der Waals surface area contributed by atoms with E-state index in [1.165, 1.54) is 12.1 Å². The summed E-state index contributed by atoms with van der Waals surface area (Å²) in [6.07, 6.45) is 5.18. The fraction of sp³-hybridized carbons (Fsp3) is 0.562. The number of amides is 2. The predicted molar refractivity (Wildman–Crippen MR) is 169 cm³/mol. The van der Waals surface area contributed by atoms with E-state index in [0.29, 0.717) is 43.0 Å². The molecule has 4 heterocycles. The Morgan fingerprint density at radius 1 is 1.07 bits per heavy atom. The molecule has 0 spiro atoms. The highest BCUT2D eigenvalue weighted by Crippen LogP contribution is 2.24. The van der Waals surface area contributed by atoms with Crippen molar-refractivity contribution in [3.8, 4) is 0 Å². The van der Waals surface area contributed by atoms with E-state index in [0.717, 1.165) is 32.4 Å². The molecule has 0 bridgehead atoms. The van der Waals surface area contributed by atoms with Gasteiger partial charge in [0, 0.05) is 57.1 Å². The number of aromatic nitrogens is 4. The molecule has 5 rings (SSSR count). The van der Waals surface area contributed by atoms with Crippen molar-refractivity contribution in [2.75, 3.05) is 42.5 Å². The second-order valence-corrected chi connectivity index (χ2v) is 12.5. The molecule has 2 aliphatic rings. The molecule has 244 valence electrons. The molecular formula is C32H45FN8O4. The molecule has 12 nitrogen and oxygen atoms in total. The lowest BCUT2D eigenvalue weighted by atomic mass is 10.0. The van der Waals surface area contributed by atoms with Gasteiger partial charge in [0.1, 0.15) is 11.4 Å². The first-order valence-electron chi connectivity index (χ1n) is 15.6. The molecule has 2 aliphatic heterocycles. The van der Waals surface area contributed by atoms with Gasteiger partial charge in [0.05, 0.1) is 11.6 Å². The van der Waals surface area contributed by atoms with Crippen molar-refractivity contribution < 1.29 is 23.2 Å². The molecule has 1 aromatic carbocycles. The summed E-state index contributed by atoms with van der Waals surface area (Å²) in [6, 6.07) is 8.57. The van der Waals surface area contributed by atoms with Crippen molar-refractivity contribution in [3.63, 3.8) is 0 Å². The van der Waals surface area contributed by atoms with E-state index in [4.69, 9.17) is 9.26 Å². The zero-order valence-electron chi connectivity index (χ0n) is 27.1. The van der Waals surface area contributed by atoms with E-state index in [1.54, 1.807) is 30.6 Å². The zero-order valence-corrected chi connectivity index (χ0v) is 27.1. The molecule has 2 amide bonds.